The molecule has 2 aliphatic rings. The fraction of sp³-hybridized carbons (Fsp3) is 0.500. The van der Waals surface area contributed by atoms with Crippen LogP contribution in [0.15, 0.2) is 24.3 Å². The van der Waals surface area contributed by atoms with E-state index in [1.54, 1.807) is 12.1 Å². The average Bonchev–Trinajstić information content (AvgIpc) is 2.76. The Morgan fingerprint density at radius 1 is 1.39 bits per heavy atom. The number of rotatable bonds is 3. The Morgan fingerprint density at radius 3 is 2.87 bits per heavy atom. The van der Waals surface area contributed by atoms with Gasteiger partial charge in [-0.1, -0.05) is 31.9 Å². The topological polar surface area (TPSA) is 92.6 Å². The Kier molecular flexibility index (Phi) is 3.79. The van der Waals surface area contributed by atoms with Gasteiger partial charge >= 0.3 is 6.03 Å². The van der Waals surface area contributed by atoms with Gasteiger partial charge in [0.1, 0.15) is 5.54 Å². The molecule has 0 bridgehead atoms. The summed E-state index contributed by atoms with van der Waals surface area (Å²) in [5, 5.41) is 13.7. The number of nitrogens with one attached hydrogen (secondary N) is 1. The van der Waals surface area contributed by atoms with Crippen LogP contribution in [0.5, 0.6) is 0 Å². The van der Waals surface area contributed by atoms with Gasteiger partial charge in [0.2, 0.25) is 0 Å². The van der Waals surface area contributed by atoms with Crippen molar-refractivity contribution in [3.63, 3.8) is 0 Å². The summed E-state index contributed by atoms with van der Waals surface area (Å²) in [6.07, 6.45) is 3.55. The summed E-state index contributed by atoms with van der Waals surface area (Å²) in [5.41, 5.74) is -0.269. The minimum absolute atomic E-state index is 0.0460. The lowest BCUT2D eigenvalue weighted by Gasteiger charge is -2.36. The molecule has 0 aromatic heterocycles. The number of non-ortho nitro benzene ring substituents is 1. The number of hydrogen-bond donors (Lipinski definition) is 1. The molecule has 1 N–H and O–H groups in total. The third-order valence-corrected chi connectivity index (χ3v) is 4.96. The summed E-state index contributed by atoms with van der Waals surface area (Å²) in [6.45, 7) is 2.05. The lowest BCUT2D eigenvalue weighted by molar-refractivity contribution is -0.384. The van der Waals surface area contributed by atoms with Crippen LogP contribution < -0.4 is 5.32 Å². The Balaban J connectivity index is 1.84. The maximum absolute atomic E-state index is 12.8. The molecule has 0 radical (unpaired) electrons. The van der Waals surface area contributed by atoms with Gasteiger partial charge in [0.15, 0.2) is 0 Å². The van der Waals surface area contributed by atoms with Crippen molar-refractivity contribution in [3.8, 4) is 0 Å². The van der Waals surface area contributed by atoms with E-state index in [2.05, 4.69) is 5.32 Å². The SMILES string of the molecule is C[C@@H]1CCCC[C@]12NC(=O)N(Cc1cccc([N+](=O)[O-])c1)C2=O. The number of imide groups is 1. The molecule has 1 aliphatic heterocycles. The molecule has 7 heteroatoms. The first-order valence-corrected chi connectivity index (χ1v) is 7.81. The number of nitro benzene ring substituents is 1. The number of hydrogen-bond acceptors (Lipinski definition) is 4. The number of nitro groups is 1. The normalized spacial score (nSPS) is 27.3. The number of benzene rings is 1. The highest BCUT2D eigenvalue weighted by Gasteiger charge is 2.54. The summed E-state index contributed by atoms with van der Waals surface area (Å²) in [6, 6.07) is 5.62. The molecule has 1 heterocycles. The number of urea groups is 1. The maximum atomic E-state index is 12.8. The van der Waals surface area contributed by atoms with E-state index < -0.39 is 16.5 Å². The van der Waals surface area contributed by atoms with Crippen molar-refractivity contribution in [3.05, 3.63) is 39.9 Å². The molecule has 7 nitrogen and oxygen atoms in total. The molecule has 1 spiro atoms. The number of carbonyl (C=O) groups excluding carboxylic acids is 2. The van der Waals surface area contributed by atoms with Crippen molar-refractivity contribution < 1.29 is 14.5 Å². The highest BCUT2D eigenvalue weighted by molar-refractivity contribution is 6.07. The molecule has 2 fully saturated rings. The zero-order chi connectivity index (χ0) is 16.6. The first kappa shape index (κ1) is 15.5. The largest absolute Gasteiger partial charge is 0.325 e. The highest BCUT2D eigenvalue weighted by atomic mass is 16.6. The molecule has 23 heavy (non-hydrogen) atoms. The number of nitrogens with zero attached hydrogens (tertiary/aromatic N) is 2. The van der Waals surface area contributed by atoms with Crippen LogP contribution in [-0.4, -0.2) is 27.3 Å². The fourth-order valence-corrected chi connectivity index (χ4v) is 3.59. The van der Waals surface area contributed by atoms with Gasteiger partial charge in [0, 0.05) is 12.1 Å². The van der Waals surface area contributed by atoms with Gasteiger partial charge in [-0.3, -0.25) is 19.8 Å². The molecule has 2 atom stereocenters. The van der Waals surface area contributed by atoms with Gasteiger partial charge in [0.05, 0.1) is 11.5 Å². The van der Waals surface area contributed by atoms with E-state index in [0.29, 0.717) is 12.0 Å². The van der Waals surface area contributed by atoms with E-state index in [1.165, 1.54) is 17.0 Å². The third-order valence-electron chi connectivity index (χ3n) is 4.96. The predicted octanol–water partition coefficient (Wildman–Crippen LogP) is 2.60. The molecule has 3 amide bonds. The minimum atomic E-state index is -0.796. The Morgan fingerprint density at radius 2 is 2.17 bits per heavy atom. The van der Waals surface area contributed by atoms with Gasteiger partial charge in [0.25, 0.3) is 11.6 Å². The molecule has 1 saturated heterocycles. The van der Waals surface area contributed by atoms with Crippen molar-refractivity contribution in [2.24, 2.45) is 5.92 Å². The Labute approximate surface area is 133 Å². The van der Waals surface area contributed by atoms with Gasteiger partial charge in [-0.15, -0.1) is 0 Å². The smallest absolute Gasteiger partial charge is 0.323 e. The lowest BCUT2D eigenvalue weighted by atomic mass is 9.73. The summed E-state index contributed by atoms with van der Waals surface area (Å²) < 4.78 is 0. The second-order valence-corrected chi connectivity index (χ2v) is 6.37. The fourth-order valence-electron chi connectivity index (χ4n) is 3.59. The second-order valence-electron chi connectivity index (χ2n) is 6.37. The van der Waals surface area contributed by atoms with E-state index in [-0.39, 0.29) is 24.1 Å². The zero-order valence-electron chi connectivity index (χ0n) is 12.9. The van der Waals surface area contributed by atoms with Crippen molar-refractivity contribution in [2.75, 3.05) is 0 Å². The Bertz CT molecular complexity index is 675. The standard InChI is InChI=1S/C16H19N3O4/c1-11-5-2-3-8-16(11)14(20)18(15(21)17-16)10-12-6-4-7-13(9-12)19(22)23/h4,6-7,9,11H,2-3,5,8,10H2,1H3,(H,17,21)/t11-,16+/m1/s1. The van der Waals surface area contributed by atoms with Crippen molar-refractivity contribution in [2.45, 2.75) is 44.7 Å². The van der Waals surface area contributed by atoms with Crippen molar-refractivity contribution in [1.82, 2.24) is 10.2 Å². The average molecular weight is 317 g/mol. The van der Waals surface area contributed by atoms with Crippen LogP contribution in [0.3, 0.4) is 0 Å². The molecule has 1 aliphatic carbocycles. The molecule has 1 saturated carbocycles. The van der Waals surface area contributed by atoms with E-state index in [9.17, 15) is 19.7 Å². The van der Waals surface area contributed by atoms with E-state index in [1.807, 2.05) is 6.92 Å². The van der Waals surface area contributed by atoms with Crippen LogP contribution in [-0.2, 0) is 11.3 Å². The van der Waals surface area contributed by atoms with Crippen molar-refractivity contribution in [1.29, 1.82) is 0 Å². The quantitative estimate of drug-likeness (QED) is 0.527. The minimum Gasteiger partial charge on any atom is -0.323 e. The highest BCUT2D eigenvalue weighted by Crippen LogP contribution is 2.38. The first-order chi connectivity index (χ1) is 10.9. The molecule has 1 aromatic rings. The predicted molar refractivity (Wildman–Crippen MR) is 82.5 cm³/mol. The van der Waals surface area contributed by atoms with Crippen LogP contribution in [0.2, 0.25) is 0 Å². The van der Waals surface area contributed by atoms with Gasteiger partial charge in [-0.2, -0.15) is 0 Å². The molecular formula is C16H19N3O4. The molecule has 122 valence electrons. The molecular weight excluding hydrogens is 298 g/mol. The van der Waals surface area contributed by atoms with Gasteiger partial charge < -0.3 is 5.32 Å². The lowest BCUT2D eigenvalue weighted by Crippen LogP contribution is -2.53. The summed E-state index contributed by atoms with van der Waals surface area (Å²) in [7, 11) is 0. The van der Waals surface area contributed by atoms with Crippen LogP contribution in [0.25, 0.3) is 0 Å². The van der Waals surface area contributed by atoms with Gasteiger partial charge in [-0.05, 0) is 24.3 Å². The van der Waals surface area contributed by atoms with E-state index in [0.717, 1.165) is 19.3 Å². The van der Waals surface area contributed by atoms with Crippen LogP contribution >= 0.6 is 0 Å². The van der Waals surface area contributed by atoms with E-state index in [4.69, 9.17) is 0 Å². The Hall–Kier alpha value is -2.44. The summed E-state index contributed by atoms with van der Waals surface area (Å²) in [4.78, 5) is 36.7. The number of amides is 3. The monoisotopic (exact) mass is 317 g/mol. The molecule has 3 rings (SSSR count). The zero-order valence-corrected chi connectivity index (χ0v) is 12.9. The molecule has 0 unspecified atom stereocenters. The first-order valence-electron chi connectivity index (χ1n) is 7.81. The van der Waals surface area contributed by atoms with Crippen LogP contribution in [0.1, 0.15) is 38.2 Å². The van der Waals surface area contributed by atoms with E-state index >= 15 is 0 Å². The third kappa shape index (κ3) is 2.56. The maximum Gasteiger partial charge on any atom is 0.325 e. The second kappa shape index (κ2) is 5.64. The van der Waals surface area contributed by atoms with Crippen LogP contribution in [0, 0.1) is 16.0 Å². The number of carbonyl (C=O) groups is 2. The van der Waals surface area contributed by atoms with Gasteiger partial charge in [-0.25, -0.2) is 4.79 Å². The van der Waals surface area contributed by atoms with Crippen molar-refractivity contribution >= 4 is 17.6 Å². The summed E-state index contributed by atoms with van der Waals surface area (Å²) >= 11 is 0. The van der Waals surface area contributed by atoms with Crippen LogP contribution in [0.4, 0.5) is 10.5 Å². The molecule has 1 aromatic carbocycles. The summed E-state index contributed by atoms with van der Waals surface area (Å²) in [5.74, 6) is -0.107.